The molecule has 1 aliphatic heterocycles. The number of carbonyl (C=O) groups is 1. The van der Waals surface area contributed by atoms with Crippen LogP contribution in [-0.4, -0.2) is 30.2 Å². The van der Waals surface area contributed by atoms with E-state index in [1.165, 1.54) is 0 Å². The quantitative estimate of drug-likeness (QED) is 0.781. The highest BCUT2D eigenvalue weighted by atomic mass is 35.5. The molecule has 21 heavy (non-hydrogen) atoms. The smallest absolute Gasteiger partial charge is 0.245 e. The molecule has 6 heteroatoms. The van der Waals surface area contributed by atoms with Crippen molar-refractivity contribution in [3.63, 3.8) is 0 Å². The fourth-order valence-electron chi connectivity index (χ4n) is 3.29. The van der Waals surface area contributed by atoms with Crippen molar-refractivity contribution < 1.29 is 9.90 Å². The normalized spacial score (nSPS) is 28.2. The second-order valence-electron chi connectivity index (χ2n) is 5.89. The van der Waals surface area contributed by atoms with Gasteiger partial charge in [-0.15, -0.1) is 0 Å². The lowest BCUT2D eigenvalue weighted by atomic mass is 9.91. The molecule has 1 amide bonds. The first-order valence-electron chi connectivity index (χ1n) is 7.30. The van der Waals surface area contributed by atoms with Gasteiger partial charge in [-0.05, 0) is 25.0 Å². The van der Waals surface area contributed by atoms with Gasteiger partial charge in [0.1, 0.15) is 6.04 Å². The minimum Gasteiger partial charge on any atom is -0.391 e. The zero-order chi connectivity index (χ0) is 15.1. The van der Waals surface area contributed by atoms with E-state index >= 15 is 0 Å². The largest absolute Gasteiger partial charge is 0.391 e. The van der Waals surface area contributed by atoms with Crippen LogP contribution in [0, 0.1) is 0 Å². The van der Waals surface area contributed by atoms with E-state index < -0.39 is 6.04 Å². The number of nitrogens with two attached hydrogens (primary N) is 1. The molecule has 0 spiro atoms. The standard InChI is InChI=1S/C15H20ClN3O2/c1-19(11-4-2-3-5-13(11)20)12-7-10-8(6-9(12)16)14(17)15(21)18-10/h6-7,11,13-14,20H,2-5,17H2,1H3,(H,18,21). The molecule has 5 nitrogen and oxygen atoms in total. The summed E-state index contributed by atoms with van der Waals surface area (Å²) in [4.78, 5) is 13.7. The molecule has 0 radical (unpaired) electrons. The summed E-state index contributed by atoms with van der Waals surface area (Å²) in [6.07, 6.45) is 3.59. The van der Waals surface area contributed by atoms with E-state index in [1.807, 2.05) is 18.0 Å². The maximum atomic E-state index is 11.6. The fourth-order valence-corrected chi connectivity index (χ4v) is 3.59. The Balaban J connectivity index is 1.92. The van der Waals surface area contributed by atoms with Gasteiger partial charge in [-0.25, -0.2) is 0 Å². The van der Waals surface area contributed by atoms with Gasteiger partial charge in [-0.3, -0.25) is 4.79 Å². The first kappa shape index (κ1) is 14.6. The van der Waals surface area contributed by atoms with Crippen LogP contribution in [0.5, 0.6) is 0 Å². The first-order chi connectivity index (χ1) is 9.99. The van der Waals surface area contributed by atoms with Crippen LogP contribution >= 0.6 is 11.6 Å². The Hall–Kier alpha value is -1.30. The number of anilines is 2. The molecule has 1 heterocycles. The molecule has 1 aromatic rings. The van der Waals surface area contributed by atoms with E-state index in [1.54, 1.807) is 6.07 Å². The third kappa shape index (κ3) is 2.50. The van der Waals surface area contributed by atoms with Crippen LogP contribution in [-0.2, 0) is 4.79 Å². The molecule has 0 bridgehead atoms. The van der Waals surface area contributed by atoms with Crippen LogP contribution in [0.15, 0.2) is 12.1 Å². The Bertz CT molecular complexity index is 578. The van der Waals surface area contributed by atoms with E-state index in [9.17, 15) is 9.90 Å². The van der Waals surface area contributed by atoms with Crippen molar-refractivity contribution in [2.24, 2.45) is 5.73 Å². The SMILES string of the molecule is CN(c1cc2c(cc1Cl)C(N)C(=O)N2)C1CCCCC1O. The Morgan fingerprint density at radius 3 is 2.81 bits per heavy atom. The van der Waals surface area contributed by atoms with E-state index in [2.05, 4.69) is 5.32 Å². The van der Waals surface area contributed by atoms with Gasteiger partial charge >= 0.3 is 0 Å². The average Bonchev–Trinajstić information content (AvgIpc) is 2.73. The third-order valence-electron chi connectivity index (χ3n) is 4.57. The van der Waals surface area contributed by atoms with Crippen LogP contribution in [0.2, 0.25) is 5.02 Å². The van der Waals surface area contributed by atoms with E-state index in [-0.39, 0.29) is 18.1 Å². The second-order valence-corrected chi connectivity index (χ2v) is 6.30. The molecular weight excluding hydrogens is 290 g/mol. The van der Waals surface area contributed by atoms with Crippen molar-refractivity contribution in [3.8, 4) is 0 Å². The molecule has 1 fully saturated rings. The van der Waals surface area contributed by atoms with Gasteiger partial charge in [0.05, 0.1) is 22.9 Å². The lowest BCUT2D eigenvalue weighted by molar-refractivity contribution is -0.116. The van der Waals surface area contributed by atoms with Gasteiger partial charge in [0, 0.05) is 18.3 Å². The summed E-state index contributed by atoms with van der Waals surface area (Å²) < 4.78 is 0. The maximum Gasteiger partial charge on any atom is 0.245 e. The number of aliphatic hydroxyl groups is 1. The Kier molecular flexibility index (Phi) is 3.82. The van der Waals surface area contributed by atoms with Gasteiger partial charge in [0.2, 0.25) is 5.91 Å². The number of halogens is 1. The molecule has 0 aromatic heterocycles. The molecule has 1 aromatic carbocycles. The number of rotatable bonds is 2. The van der Waals surface area contributed by atoms with Crippen molar-refractivity contribution in [2.75, 3.05) is 17.3 Å². The minimum absolute atomic E-state index is 0.0556. The monoisotopic (exact) mass is 309 g/mol. The van der Waals surface area contributed by atoms with Crippen LogP contribution in [0.25, 0.3) is 0 Å². The Morgan fingerprint density at radius 2 is 2.10 bits per heavy atom. The van der Waals surface area contributed by atoms with Crippen LogP contribution in [0.3, 0.4) is 0 Å². The summed E-state index contributed by atoms with van der Waals surface area (Å²) in [6.45, 7) is 0. The van der Waals surface area contributed by atoms with Crippen molar-refractivity contribution in [3.05, 3.63) is 22.7 Å². The second kappa shape index (κ2) is 5.48. The van der Waals surface area contributed by atoms with Crippen molar-refractivity contribution >= 4 is 28.9 Å². The van der Waals surface area contributed by atoms with Gasteiger partial charge < -0.3 is 21.1 Å². The van der Waals surface area contributed by atoms with Crippen LogP contribution in [0.1, 0.15) is 37.3 Å². The summed E-state index contributed by atoms with van der Waals surface area (Å²) >= 11 is 6.36. The van der Waals surface area contributed by atoms with Crippen molar-refractivity contribution in [1.82, 2.24) is 0 Å². The van der Waals surface area contributed by atoms with Crippen molar-refractivity contribution in [2.45, 2.75) is 43.9 Å². The molecule has 3 atom stereocenters. The number of benzene rings is 1. The van der Waals surface area contributed by atoms with E-state index in [0.29, 0.717) is 10.7 Å². The molecule has 1 saturated carbocycles. The molecule has 3 rings (SSSR count). The lowest BCUT2D eigenvalue weighted by Gasteiger charge is -2.37. The van der Waals surface area contributed by atoms with Crippen LogP contribution in [0.4, 0.5) is 11.4 Å². The number of hydrogen-bond donors (Lipinski definition) is 3. The Labute approximate surface area is 129 Å². The zero-order valence-corrected chi connectivity index (χ0v) is 12.7. The first-order valence-corrected chi connectivity index (χ1v) is 7.67. The lowest BCUT2D eigenvalue weighted by Crippen LogP contribution is -2.43. The minimum atomic E-state index is -0.655. The van der Waals surface area contributed by atoms with E-state index in [0.717, 1.165) is 36.9 Å². The molecule has 3 unspecified atom stereocenters. The topological polar surface area (TPSA) is 78.6 Å². The van der Waals surface area contributed by atoms with Crippen LogP contribution < -0.4 is 16.0 Å². The highest BCUT2D eigenvalue weighted by molar-refractivity contribution is 6.33. The van der Waals surface area contributed by atoms with E-state index in [4.69, 9.17) is 17.3 Å². The summed E-state index contributed by atoms with van der Waals surface area (Å²) in [5, 5.41) is 13.5. The van der Waals surface area contributed by atoms with Gasteiger partial charge in [-0.2, -0.15) is 0 Å². The summed E-state index contributed by atoms with van der Waals surface area (Å²) in [7, 11) is 1.93. The molecule has 1 aliphatic carbocycles. The van der Waals surface area contributed by atoms with Gasteiger partial charge in [0.25, 0.3) is 0 Å². The molecule has 0 saturated heterocycles. The summed E-state index contributed by atoms with van der Waals surface area (Å²) in [5.74, 6) is -0.210. The number of hydrogen-bond acceptors (Lipinski definition) is 4. The molecule has 2 aliphatic rings. The number of likely N-dealkylation sites (N-methyl/N-ethyl adjacent to an activating group) is 1. The number of amides is 1. The van der Waals surface area contributed by atoms with Crippen molar-refractivity contribution in [1.29, 1.82) is 0 Å². The number of nitrogens with one attached hydrogen (secondary N) is 1. The molecule has 4 N–H and O–H groups in total. The average molecular weight is 310 g/mol. The number of aliphatic hydroxyl groups excluding tert-OH is 1. The predicted octanol–water partition coefficient (Wildman–Crippen LogP) is 2.03. The number of nitrogens with zero attached hydrogens (tertiary/aromatic N) is 1. The predicted molar refractivity (Wildman–Crippen MR) is 83.7 cm³/mol. The fraction of sp³-hybridized carbons (Fsp3) is 0.533. The third-order valence-corrected chi connectivity index (χ3v) is 4.87. The molecule has 114 valence electrons. The van der Waals surface area contributed by atoms with Gasteiger partial charge in [-0.1, -0.05) is 24.4 Å². The summed E-state index contributed by atoms with van der Waals surface area (Å²) in [5.41, 5.74) is 8.08. The number of fused-ring (bicyclic) bond motifs is 1. The highest BCUT2D eigenvalue weighted by Gasteiger charge is 2.31. The summed E-state index contributed by atoms with van der Waals surface area (Å²) in [6, 6.07) is 3.00. The Morgan fingerprint density at radius 1 is 1.38 bits per heavy atom. The number of carbonyl (C=O) groups excluding carboxylic acids is 1. The van der Waals surface area contributed by atoms with Gasteiger partial charge in [0.15, 0.2) is 0 Å². The molecular formula is C15H20ClN3O2. The maximum absolute atomic E-state index is 11.6. The highest BCUT2D eigenvalue weighted by Crippen LogP contribution is 2.39. The zero-order valence-electron chi connectivity index (χ0n) is 12.0.